The summed E-state index contributed by atoms with van der Waals surface area (Å²) in [7, 11) is 3.00. The molecule has 1 aromatic carbocycles. The summed E-state index contributed by atoms with van der Waals surface area (Å²) >= 11 is -1.62. The van der Waals surface area contributed by atoms with Crippen molar-refractivity contribution < 1.29 is 23.9 Å². The molecule has 8 nitrogen and oxygen atoms in total. The predicted octanol–water partition coefficient (Wildman–Crippen LogP) is 2.22. The van der Waals surface area contributed by atoms with Crippen LogP contribution in [0.4, 0.5) is 0 Å². The van der Waals surface area contributed by atoms with Gasteiger partial charge in [0.25, 0.3) is 0 Å². The number of hydrogen-bond acceptors (Lipinski definition) is 7. The monoisotopic (exact) mass is 403 g/mol. The summed E-state index contributed by atoms with van der Waals surface area (Å²) < 4.78 is 25.1. The Hall–Kier alpha value is -2.62. The Morgan fingerprint density at radius 2 is 2.07 bits per heavy atom. The van der Waals surface area contributed by atoms with Crippen molar-refractivity contribution >= 4 is 28.0 Å². The SMILES string of the molecule is COc1ccnc(C[S+]([O-])c2nc3cc(C(C)=O)c(C)cc3n2CO)c1OC. The van der Waals surface area contributed by atoms with Gasteiger partial charge in [0.1, 0.15) is 12.4 Å². The minimum absolute atomic E-state index is 0.0300. The second-order valence-corrected chi connectivity index (χ2v) is 7.50. The first-order valence-electron chi connectivity index (χ1n) is 8.48. The number of aliphatic hydroxyl groups is 1. The number of rotatable bonds is 7. The van der Waals surface area contributed by atoms with Crippen LogP contribution in [-0.2, 0) is 23.7 Å². The van der Waals surface area contributed by atoms with Gasteiger partial charge in [0, 0.05) is 29.0 Å². The number of hydrogen-bond donors (Lipinski definition) is 1. The maximum Gasteiger partial charge on any atom is 0.326 e. The number of methoxy groups -OCH3 is 2. The number of pyridine rings is 1. The molecule has 1 N–H and O–H groups in total. The Morgan fingerprint density at radius 1 is 1.32 bits per heavy atom. The van der Waals surface area contributed by atoms with Gasteiger partial charge in [-0.1, -0.05) is 0 Å². The summed E-state index contributed by atoms with van der Waals surface area (Å²) in [6.45, 7) is 2.91. The molecule has 0 saturated heterocycles. The lowest BCUT2D eigenvalue weighted by atomic mass is 10.0. The van der Waals surface area contributed by atoms with Gasteiger partial charge in [-0.2, -0.15) is 4.98 Å². The van der Waals surface area contributed by atoms with Crippen molar-refractivity contribution in [2.24, 2.45) is 0 Å². The molecule has 2 heterocycles. The summed E-state index contributed by atoms with van der Waals surface area (Å²) in [6, 6.07) is 5.07. The second-order valence-electron chi connectivity index (χ2n) is 6.16. The van der Waals surface area contributed by atoms with E-state index in [1.807, 2.05) is 6.92 Å². The average Bonchev–Trinajstić information content (AvgIpc) is 3.04. The molecule has 148 valence electrons. The number of aryl methyl sites for hydroxylation is 1. The quantitative estimate of drug-likeness (QED) is 0.476. The number of benzene rings is 1. The molecule has 0 fully saturated rings. The fourth-order valence-electron chi connectivity index (χ4n) is 3.09. The van der Waals surface area contributed by atoms with E-state index in [-0.39, 0.29) is 23.4 Å². The first-order valence-corrected chi connectivity index (χ1v) is 9.80. The molecular weight excluding hydrogens is 382 g/mol. The number of imidazole rings is 1. The molecule has 2 aromatic heterocycles. The van der Waals surface area contributed by atoms with Gasteiger partial charge in [-0.25, -0.2) is 0 Å². The average molecular weight is 403 g/mol. The van der Waals surface area contributed by atoms with Gasteiger partial charge in [-0.15, -0.1) is 0 Å². The van der Waals surface area contributed by atoms with Crippen LogP contribution < -0.4 is 9.47 Å². The zero-order valence-electron chi connectivity index (χ0n) is 16.1. The maximum atomic E-state index is 13.0. The summed E-state index contributed by atoms with van der Waals surface area (Å²) in [5.41, 5.74) is 2.88. The highest BCUT2D eigenvalue weighted by Crippen LogP contribution is 2.32. The van der Waals surface area contributed by atoms with Crippen LogP contribution in [0.25, 0.3) is 11.0 Å². The van der Waals surface area contributed by atoms with Crippen molar-refractivity contribution in [3.05, 3.63) is 41.2 Å². The fraction of sp³-hybridized carbons (Fsp3) is 0.316. The Bertz CT molecular complexity index is 1030. The lowest BCUT2D eigenvalue weighted by molar-refractivity contribution is 0.101. The zero-order valence-corrected chi connectivity index (χ0v) is 16.9. The molecule has 9 heteroatoms. The van der Waals surface area contributed by atoms with Crippen LogP contribution in [-0.4, -0.2) is 44.2 Å². The van der Waals surface area contributed by atoms with E-state index in [0.29, 0.717) is 33.8 Å². The molecule has 0 radical (unpaired) electrons. The van der Waals surface area contributed by atoms with Crippen molar-refractivity contribution in [3.63, 3.8) is 0 Å². The third kappa shape index (κ3) is 3.56. The number of ether oxygens (including phenoxy) is 2. The van der Waals surface area contributed by atoms with Crippen LogP contribution in [0, 0.1) is 6.92 Å². The lowest BCUT2D eigenvalue weighted by Gasteiger charge is -2.14. The lowest BCUT2D eigenvalue weighted by Crippen LogP contribution is -2.14. The molecular formula is C19H21N3O5S. The largest absolute Gasteiger partial charge is 0.609 e. The van der Waals surface area contributed by atoms with Gasteiger partial charge in [-0.05, 0) is 31.5 Å². The van der Waals surface area contributed by atoms with E-state index >= 15 is 0 Å². The molecule has 0 aliphatic carbocycles. The molecule has 1 unspecified atom stereocenters. The predicted molar refractivity (Wildman–Crippen MR) is 104 cm³/mol. The first kappa shape index (κ1) is 20.1. The number of aliphatic hydroxyl groups excluding tert-OH is 1. The molecule has 0 amide bonds. The number of carbonyl (C=O) groups is 1. The van der Waals surface area contributed by atoms with Crippen LogP contribution in [0.2, 0.25) is 0 Å². The molecule has 0 saturated carbocycles. The third-order valence-electron chi connectivity index (χ3n) is 4.42. The van der Waals surface area contributed by atoms with E-state index in [0.717, 1.165) is 5.56 Å². The minimum Gasteiger partial charge on any atom is -0.609 e. The molecule has 0 bridgehead atoms. The third-order valence-corrected chi connectivity index (χ3v) is 5.67. The molecule has 0 aliphatic rings. The van der Waals surface area contributed by atoms with Crippen molar-refractivity contribution in [2.45, 2.75) is 31.5 Å². The number of aromatic nitrogens is 3. The maximum absolute atomic E-state index is 13.0. The molecule has 1 atom stereocenters. The molecule has 0 aliphatic heterocycles. The highest BCUT2D eigenvalue weighted by molar-refractivity contribution is 7.90. The second kappa shape index (κ2) is 8.17. The number of Topliss-reactive ketones (excluding diaryl/α,β-unsaturated/α-hetero) is 1. The molecule has 0 spiro atoms. The topological polar surface area (TPSA) is 110 Å². The van der Waals surface area contributed by atoms with Crippen molar-refractivity contribution in [1.29, 1.82) is 0 Å². The van der Waals surface area contributed by atoms with E-state index < -0.39 is 11.2 Å². The van der Waals surface area contributed by atoms with Crippen LogP contribution in [0.15, 0.2) is 29.6 Å². The summed E-state index contributed by atoms with van der Waals surface area (Å²) in [5.74, 6) is 0.843. The van der Waals surface area contributed by atoms with Crippen molar-refractivity contribution in [3.8, 4) is 11.5 Å². The number of fused-ring (bicyclic) bond motifs is 1. The summed E-state index contributed by atoms with van der Waals surface area (Å²) in [5, 5.41) is 10.0. The smallest absolute Gasteiger partial charge is 0.326 e. The van der Waals surface area contributed by atoms with Crippen LogP contribution in [0.5, 0.6) is 11.5 Å². The summed E-state index contributed by atoms with van der Waals surface area (Å²) in [6.07, 6.45) is 1.55. The van der Waals surface area contributed by atoms with Gasteiger partial charge >= 0.3 is 5.16 Å². The molecule has 3 rings (SSSR count). The van der Waals surface area contributed by atoms with E-state index in [2.05, 4.69) is 9.97 Å². The zero-order chi connectivity index (χ0) is 20.4. The van der Waals surface area contributed by atoms with Gasteiger partial charge in [-0.3, -0.25) is 14.3 Å². The molecule has 28 heavy (non-hydrogen) atoms. The van der Waals surface area contributed by atoms with E-state index in [4.69, 9.17) is 9.47 Å². The Labute approximate surface area is 165 Å². The van der Waals surface area contributed by atoms with Gasteiger partial charge in [0.05, 0.1) is 25.3 Å². The van der Waals surface area contributed by atoms with Crippen LogP contribution >= 0.6 is 0 Å². The van der Waals surface area contributed by atoms with E-state index in [9.17, 15) is 14.5 Å². The van der Waals surface area contributed by atoms with Gasteiger partial charge < -0.3 is 19.1 Å². The number of ketones is 1. The van der Waals surface area contributed by atoms with Crippen LogP contribution in [0.1, 0.15) is 28.5 Å². The van der Waals surface area contributed by atoms with E-state index in [1.54, 1.807) is 24.4 Å². The minimum atomic E-state index is -1.62. The van der Waals surface area contributed by atoms with E-state index in [1.165, 1.54) is 25.7 Å². The first-order chi connectivity index (χ1) is 13.4. The number of nitrogens with zero attached hydrogens (tertiary/aromatic N) is 3. The van der Waals surface area contributed by atoms with Gasteiger partial charge in [0.15, 0.2) is 23.0 Å². The Kier molecular flexibility index (Phi) is 5.87. The molecule has 3 aromatic rings. The Morgan fingerprint density at radius 3 is 2.68 bits per heavy atom. The standard InChI is InChI=1S/C19H21N3O5S/c1-11-7-16-14(8-13(11)12(2)24)21-19(22(16)10-23)28(25)9-15-18(27-4)17(26-3)5-6-20-15/h5-8,23H,9-10H2,1-4H3. The van der Waals surface area contributed by atoms with Crippen molar-refractivity contribution in [1.82, 2.24) is 14.5 Å². The highest BCUT2D eigenvalue weighted by atomic mass is 32.2. The summed E-state index contributed by atoms with van der Waals surface area (Å²) in [4.78, 5) is 20.5. The number of carbonyl (C=O) groups excluding carboxylic acids is 1. The Balaban J connectivity index is 2.05. The van der Waals surface area contributed by atoms with Crippen molar-refractivity contribution in [2.75, 3.05) is 14.2 Å². The van der Waals surface area contributed by atoms with Crippen LogP contribution in [0.3, 0.4) is 0 Å². The normalized spacial score (nSPS) is 12.2. The highest BCUT2D eigenvalue weighted by Gasteiger charge is 2.26. The van der Waals surface area contributed by atoms with Gasteiger partial charge in [0.2, 0.25) is 0 Å². The fourth-order valence-corrected chi connectivity index (χ4v) is 4.27.